The maximum atomic E-state index is 12.5. The van der Waals surface area contributed by atoms with Crippen molar-refractivity contribution in [1.29, 1.82) is 0 Å². The van der Waals surface area contributed by atoms with Crippen LogP contribution in [0, 0.1) is 0 Å². The molecule has 6 nitrogen and oxygen atoms in total. The van der Waals surface area contributed by atoms with Crippen LogP contribution in [0.2, 0.25) is 0 Å². The zero-order chi connectivity index (χ0) is 35.3. The Morgan fingerprint density at radius 3 is 1.56 bits per heavy atom. The third-order valence-electron chi connectivity index (χ3n) is 8.76. The summed E-state index contributed by atoms with van der Waals surface area (Å²) in [5.74, 6) is -0.605. The molecule has 0 aromatic heterocycles. The van der Waals surface area contributed by atoms with Gasteiger partial charge in [0.15, 0.2) is 0 Å². The van der Waals surface area contributed by atoms with Gasteiger partial charge < -0.3 is 25.7 Å². The minimum atomic E-state index is -1.29. The molecule has 0 saturated carbocycles. The molecule has 0 aliphatic heterocycles. The van der Waals surface area contributed by atoms with E-state index in [2.05, 4.69) is 73.0 Å². The minimum absolute atomic E-state index is 0.355. The second-order valence-corrected chi connectivity index (χ2v) is 13.2. The van der Waals surface area contributed by atoms with Gasteiger partial charge in [-0.05, 0) is 84.0 Å². The van der Waals surface area contributed by atoms with Crippen LogP contribution >= 0.6 is 0 Å². The number of rotatable bonds is 34. The molecule has 5 N–H and O–H groups in total. The van der Waals surface area contributed by atoms with Crippen molar-refractivity contribution in [2.24, 2.45) is 0 Å². The number of unbranched alkanes of at least 4 members (excludes halogenated alkanes) is 16. The van der Waals surface area contributed by atoms with Crippen molar-refractivity contribution < 1.29 is 25.2 Å². The van der Waals surface area contributed by atoms with E-state index in [-0.39, 0.29) is 0 Å². The van der Waals surface area contributed by atoms with E-state index in [0.717, 1.165) is 64.2 Å². The fourth-order valence-corrected chi connectivity index (χ4v) is 5.66. The van der Waals surface area contributed by atoms with Gasteiger partial charge in [0, 0.05) is 0 Å². The molecule has 1 amide bonds. The van der Waals surface area contributed by atoms with E-state index in [1.807, 2.05) is 6.92 Å². The number of allylic oxidation sites excluding steroid dienone is 10. The van der Waals surface area contributed by atoms with Crippen molar-refractivity contribution in [3.05, 3.63) is 60.8 Å². The maximum Gasteiger partial charge on any atom is 0.249 e. The molecule has 0 radical (unpaired) electrons. The zero-order valence-electron chi connectivity index (χ0n) is 31.0. The van der Waals surface area contributed by atoms with Gasteiger partial charge in [0.1, 0.15) is 12.2 Å². The Balaban J connectivity index is 3.80. The van der Waals surface area contributed by atoms with Gasteiger partial charge in [-0.25, -0.2) is 0 Å². The first-order valence-corrected chi connectivity index (χ1v) is 19.6. The largest absolute Gasteiger partial charge is 0.394 e. The lowest BCUT2D eigenvalue weighted by Gasteiger charge is -2.27. The highest BCUT2D eigenvalue weighted by molar-refractivity contribution is 5.80. The van der Waals surface area contributed by atoms with E-state index in [4.69, 9.17) is 0 Å². The van der Waals surface area contributed by atoms with E-state index in [0.29, 0.717) is 19.3 Å². The van der Waals surface area contributed by atoms with Crippen LogP contribution in [0.25, 0.3) is 0 Å². The summed E-state index contributed by atoms with van der Waals surface area (Å²) >= 11 is 0. The summed E-state index contributed by atoms with van der Waals surface area (Å²) in [5.41, 5.74) is 0. The van der Waals surface area contributed by atoms with Crippen LogP contribution in [-0.2, 0) is 4.79 Å². The van der Waals surface area contributed by atoms with Crippen molar-refractivity contribution in [2.45, 2.75) is 192 Å². The Labute approximate surface area is 295 Å². The van der Waals surface area contributed by atoms with E-state index < -0.39 is 36.9 Å². The molecular weight excluding hydrogens is 598 g/mol. The SMILES string of the molecule is C/C=C/CC/C=C/CC/C=C/CCCC(O)C(O)C(CO)NC(=O)C(O)CCCCCCCCCCCCCCC/C=C\C/C=C\CC. The van der Waals surface area contributed by atoms with E-state index in [1.54, 1.807) is 0 Å². The summed E-state index contributed by atoms with van der Waals surface area (Å²) in [4.78, 5) is 12.5. The van der Waals surface area contributed by atoms with Crippen LogP contribution in [0.5, 0.6) is 0 Å². The molecule has 6 heteroatoms. The quantitative estimate of drug-likeness (QED) is 0.0345. The number of aliphatic hydroxyl groups is 4. The third kappa shape index (κ3) is 30.1. The molecule has 4 atom stereocenters. The molecule has 0 fully saturated rings. The molecule has 0 aliphatic rings. The van der Waals surface area contributed by atoms with Gasteiger partial charge in [0.05, 0.1) is 18.8 Å². The fraction of sp³-hybridized carbons (Fsp3) is 0.738. The average Bonchev–Trinajstić information content (AvgIpc) is 3.09. The van der Waals surface area contributed by atoms with Gasteiger partial charge >= 0.3 is 0 Å². The van der Waals surface area contributed by atoms with Crippen LogP contribution in [0.3, 0.4) is 0 Å². The molecule has 0 bridgehead atoms. The number of carbonyl (C=O) groups is 1. The third-order valence-corrected chi connectivity index (χ3v) is 8.76. The molecule has 48 heavy (non-hydrogen) atoms. The second-order valence-electron chi connectivity index (χ2n) is 13.2. The van der Waals surface area contributed by atoms with E-state index in [9.17, 15) is 25.2 Å². The molecule has 278 valence electrons. The first-order chi connectivity index (χ1) is 23.5. The van der Waals surface area contributed by atoms with Crippen molar-refractivity contribution in [1.82, 2.24) is 5.32 Å². The molecule has 0 heterocycles. The van der Waals surface area contributed by atoms with Crippen molar-refractivity contribution in [3.63, 3.8) is 0 Å². The minimum Gasteiger partial charge on any atom is -0.394 e. The summed E-state index contributed by atoms with van der Waals surface area (Å²) in [5, 5.41) is 43.4. The number of hydrogen-bond donors (Lipinski definition) is 5. The average molecular weight is 674 g/mol. The van der Waals surface area contributed by atoms with Crippen LogP contribution in [0.4, 0.5) is 0 Å². The summed E-state index contributed by atoms with van der Waals surface area (Å²) in [7, 11) is 0. The van der Waals surface area contributed by atoms with Crippen LogP contribution < -0.4 is 5.32 Å². The van der Waals surface area contributed by atoms with Gasteiger partial charge in [-0.3, -0.25) is 4.79 Å². The van der Waals surface area contributed by atoms with Gasteiger partial charge in [0.2, 0.25) is 5.91 Å². The first-order valence-electron chi connectivity index (χ1n) is 19.6. The standard InChI is InChI=1S/C42H75NO5/c1-3-5-7-9-11-13-15-17-18-19-20-21-22-23-24-26-28-30-32-34-36-40(46)42(48)43-38(37-44)41(47)39(45)35-33-31-29-27-25-16-14-12-10-8-6-4-2/h4-7,11-14,27,29,38-41,44-47H,3,8-10,15-26,28,30-37H2,1-2H3,(H,43,48)/b6-4+,7-5-,13-11-,14-12+,29-27+. The molecule has 4 unspecified atom stereocenters. The second kappa shape index (κ2) is 36.3. The van der Waals surface area contributed by atoms with Crippen molar-refractivity contribution in [3.8, 4) is 0 Å². The first kappa shape index (κ1) is 46.0. The molecular formula is C42H75NO5. The molecule has 0 aromatic rings. The smallest absolute Gasteiger partial charge is 0.249 e. The molecule has 0 aliphatic carbocycles. The Morgan fingerprint density at radius 1 is 0.562 bits per heavy atom. The molecule has 0 rings (SSSR count). The lowest BCUT2D eigenvalue weighted by Crippen LogP contribution is -2.53. The molecule has 0 saturated heterocycles. The number of hydrogen-bond acceptors (Lipinski definition) is 5. The van der Waals surface area contributed by atoms with Gasteiger partial charge in [-0.15, -0.1) is 0 Å². The Morgan fingerprint density at radius 2 is 1.02 bits per heavy atom. The van der Waals surface area contributed by atoms with E-state index >= 15 is 0 Å². The van der Waals surface area contributed by atoms with Crippen LogP contribution in [-0.4, -0.2) is 57.3 Å². The van der Waals surface area contributed by atoms with E-state index in [1.165, 1.54) is 70.6 Å². The molecule has 0 spiro atoms. The number of aliphatic hydroxyl groups excluding tert-OH is 4. The predicted octanol–water partition coefficient (Wildman–Crippen LogP) is 9.73. The van der Waals surface area contributed by atoms with Gasteiger partial charge in [-0.2, -0.15) is 0 Å². The highest BCUT2D eigenvalue weighted by Gasteiger charge is 2.28. The van der Waals surface area contributed by atoms with Crippen molar-refractivity contribution in [2.75, 3.05) is 6.61 Å². The summed E-state index contributed by atoms with van der Waals surface area (Å²) in [6.45, 7) is 3.69. The highest BCUT2D eigenvalue weighted by Crippen LogP contribution is 2.15. The van der Waals surface area contributed by atoms with Crippen molar-refractivity contribution >= 4 is 5.91 Å². The lowest BCUT2D eigenvalue weighted by atomic mass is 10.00. The number of nitrogens with one attached hydrogen (secondary N) is 1. The predicted molar refractivity (Wildman–Crippen MR) is 205 cm³/mol. The highest BCUT2D eigenvalue weighted by atomic mass is 16.3. The Bertz CT molecular complexity index is 849. The summed E-state index contributed by atoms with van der Waals surface area (Å²) in [6.07, 6.45) is 44.0. The van der Waals surface area contributed by atoms with Gasteiger partial charge in [0.25, 0.3) is 0 Å². The summed E-state index contributed by atoms with van der Waals surface area (Å²) in [6, 6.07) is -1.01. The Hall–Kier alpha value is -1.99. The molecule has 0 aromatic carbocycles. The van der Waals surface area contributed by atoms with Gasteiger partial charge in [-0.1, -0.05) is 145 Å². The van der Waals surface area contributed by atoms with Crippen LogP contribution in [0.1, 0.15) is 168 Å². The van der Waals surface area contributed by atoms with Crippen LogP contribution in [0.15, 0.2) is 60.8 Å². The normalized spacial score (nSPS) is 15.0. The zero-order valence-corrected chi connectivity index (χ0v) is 31.0. The topological polar surface area (TPSA) is 110 Å². The summed E-state index contributed by atoms with van der Waals surface area (Å²) < 4.78 is 0. The Kier molecular flexibility index (Phi) is 34.8. The fourth-order valence-electron chi connectivity index (χ4n) is 5.66. The lowest BCUT2D eigenvalue weighted by molar-refractivity contribution is -0.132. The number of amides is 1. The number of carbonyl (C=O) groups excluding carboxylic acids is 1. The monoisotopic (exact) mass is 674 g/mol. The maximum absolute atomic E-state index is 12.5.